The van der Waals surface area contributed by atoms with Crippen molar-refractivity contribution in [2.75, 3.05) is 30.3 Å². The van der Waals surface area contributed by atoms with Crippen molar-refractivity contribution in [2.45, 2.75) is 43.1 Å². The molecule has 214 valence electrons. The Labute approximate surface area is 239 Å². The SMILES string of the molecule is CCNC(=O)C(C)N(Cc1ccccc1F)C(=O)CN(c1ccccc1OCC)S(=O)(=O)c1ccc(SC)cc1. The summed E-state index contributed by atoms with van der Waals surface area (Å²) in [6.07, 6.45) is 1.88. The summed E-state index contributed by atoms with van der Waals surface area (Å²) in [7, 11) is -4.26. The average Bonchev–Trinajstić information content (AvgIpc) is 2.95. The molecule has 3 aromatic rings. The predicted molar refractivity (Wildman–Crippen MR) is 155 cm³/mol. The van der Waals surface area contributed by atoms with Gasteiger partial charge in [-0.3, -0.25) is 13.9 Å². The van der Waals surface area contributed by atoms with E-state index < -0.39 is 40.2 Å². The Kier molecular flexibility index (Phi) is 11.0. The number of hydrogen-bond donors (Lipinski definition) is 1. The maximum atomic E-state index is 14.6. The number of benzene rings is 3. The number of sulfonamides is 1. The van der Waals surface area contributed by atoms with Crippen LogP contribution in [0.1, 0.15) is 26.3 Å². The highest BCUT2D eigenvalue weighted by molar-refractivity contribution is 7.98. The molecule has 3 rings (SSSR count). The first-order valence-corrected chi connectivity index (χ1v) is 15.5. The second kappa shape index (κ2) is 14.2. The predicted octanol–water partition coefficient (Wildman–Crippen LogP) is 4.70. The molecule has 0 aliphatic carbocycles. The number of nitrogens with zero attached hydrogens (tertiary/aromatic N) is 2. The number of rotatable bonds is 13. The van der Waals surface area contributed by atoms with E-state index >= 15 is 0 Å². The molecule has 0 radical (unpaired) electrons. The van der Waals surface area contributed by atoms with Gasteiger partial charge in [0.15, 0.2) is 0 Å². The van der Waals surface area contributed by atoms with E-state index in [9.17, 15) is 22.4 Å². The number of thioether (sulfide) groups is 1. The average molecular weight is 588 g/mol. The van der Waals surface area contributed by atoms with E-state index in [1.165, 1.54) is 53.9 Å². The number of halogens is 1. The van der Waals surface area contributed by atoms with E-state index in [4.69, 9.17) is 4.74 Å². The number of para-hydroxylation sites is 2. The summed E-state index contributed by atoms with van der Waals surface area (Å²) < 4.78 is 49.3. The maximum absolute atomic E-state index is 14.6. The van der Waals surface area contributed by atoms with Crippen LogP contribution in [0.2, 0.25) is 0 Å². The van der Waals surface area contributed by atoms with Crippen molar-refractivity contribution in [3.63, 3.8) is 0 Å². The number of hydrogen-bond acceptors (Lipinski definition) is 6. The molecule has 1 unspecified atom stereocenters. The summed E-state index contributed by atoms with van der Waals surface area (Å²) in [5.74, 6) is -1.38. The lowest BCUT2D eigenvalue weighted by Crippen LogP contribution is -2.51. The van der Waals surface area contributed by atoms with Crippen LogP contribution in [0.5, 0.6) is 5.75 Å². The molecule has 0 spiro atoms. The molecule has 0 aliphatic heterocycles. The molecule has 1 atom stereocenters. The molecular formula is C29H34FN3O5S2. The minimum Gasteiger partial charge on any atom is -0.492 e. The third-order valence-corrected chi connectivity index (χ3v) is 8.69. The second-order valence-corrected chi connectivity index (χ2v) is 11.5. The first-order chi connectivity index (χ1) is 19.1. The van der Waals surface area contributed by atoms with Gasteiger partial charge in [-0.25, -0.2) is 12.8 Å². The van der Waals surface area contributed by atoms with Gasteiger partial charge in [0, 0.05) is 23.5 Å². The van der Waals surface area contributed by atoms with Gasteiger partial charge in [-0.2, -0.15) is 0 Å². The Morgan fingerprint density at radius 2 is 1.65 bits per heavy atom. The normalized spacial score (nSPS) is 11.9. The van der Waals surface area contributed by atoms with Gasteiger partial charge in [0.05, 0.1) is 17.2 Å². The van der Waals surface area contributed by atoms with E-state index in [1.807, 2.05) is 6.26 Å². The Morgan fingerprint density at radius 1 is 1.00 bits per heavy atom. The monoisotopic (exact) mass is 587 g/mol. The standard InChI is InChI=1S/C29H34FN3O5S2/c1-5-31-29(35)21(3)32(19-22-11-7-8-12-25(22)30)28(34)20-33(26-13-9-10-14-27(26)38-6-2)40(36,37)24-17-15-23(39-4)16-18-24/h7-18,21H,5-6,19-20H2,1-4H3,(H,31,35). The van der Waals surface area contributed by atoms with Crippen LogP contribution in [0.3, 0.4) is 0 Å². The molecule has 0 heterocycles. The third-order valence-electron chi connectivity index (χ3n) is 6.18. The van der Waals surface area contributed by atoms with E-state index in [0.717, 1.165) is 9.20 Å². The van der Waals surface area contributed by atoms with Crippen molar-refractivity contribution in [1.29, 1.82) is 0 Å². The van der Waals surface area contributed by atoms with Crippen LogP contribution in [0.15, 0.2) is 82.6 Å². The van der Waals surface area contributed by atoms with Gasteiger partial charge in [-0.05, 0) is 69.5 Å². The van der Waals surface area contributed by atoms with E-state index in [-0.39, 0.29) is 35.0 Å². The summed E-state index contributed by atoms with van der Waals surface area (Å²) in [5, 5.41) is 2.68. The van der Waals surface area contributed by atoms with Crippen molar-refractivity contribution in [3.8, 4) is 5.75 Å². The van der Waals surface area contributed by atoms with Crippen molar-refractivity contribution in [1.82, 2.24) is 10.2 Å². The number of nitrogens with one attached hydrogen (secondary N) is 1. The Bertz CT molecular complexity index is 1420. The summed E-state index contributed by atoms with van der Waals surface area (Å²) in [5.41, 5.74) is 0.368. The van der Waals surface area contributed by atoms with Gasteiger partial charge in [0.25, 0.3) is 10.0 Å². The van der Waals surface area contributed by atoms with Gasteiger partial charge in [0.2, 0.25) is 11.8 Å². The third kappa shape index (κ3) is 7.33. The Balaban J connectivity index is 2.09. The Morgan fingerprint density at radius 3 is 2.27 bits per heavy atom. The molecule has 40 heavy (non-hydrogen) atoms. The van der Waals surface area contributed by atoms with Gasteiger partial charge >= 0.3 is 0 Å². The topological polar surface area (TPSA) is 96.0 Å². The molecule has 8 nitrogen and oxygen atoms in total. The molecule has 2 amide bonds. The number of anilines is 1. The molecule has 0 bridgehead atoms. The quantitative estimate of drug-likeness (QED) is 0.292. The zero-order valence-corrected chi connectivity index (χ0v) is 24.6. The van der Waals surface area contributed by atoms with Crippen LogP contribution in [0.25, 0.3) is 0 Å². The van der Waals surface area contributed by atoms with Crippen LogP contribution in [0, 0.1) is 5.82 Å². The number of likely N-dealkylation sites (N-methyl/N-ethyl adjacent to an activating group) is 1. The minimum atomic E-state index is -4.26. The summed E-state index contributed by atoms with van der Waals surface area (Å²) in [6.45, 7) is 4.77. The van der Waals surface area contributed by atoms with E-state index in [1.54, 1.807) is 56.3 Å². The van der Waals surface area contributed by atoms with Gasteiger partial charge in [-0.15, -0.1) is 11.8 Å². The molecule has 1 N–H and O–H groups in total. The lowest BCUT2D eigenvalue weighted by atomic mass is 10.1. The summed E-state index contributed by atoms with van der Waals surface area (Å²) in [4.78, 5) is 28.8. The highest BCUT2D eigenvalue weighted by Crippen LogP contribution is 2.33. The summed E-state index contributed by atoms with van der Waals surface area (Å²) >= 11 is 1.47. The Hall–Kier alpha value is -3.57. The van der Waals surface area contributed by atoms with Crippen LogP contribution < -0.4 is 14.4 Å². The molecule has 0 fully saturated rings. The van der Waals surface area contributed by atoms with Crippen LogP contribution >= 0.6 is 11.8 Å². The van der Waals surface area contributed by atoms with Gasteiger partial charge in [-0.1, -0.05) is 30.3 Å². The molecule has 0 aromatic heterocycles. The fourth-order valence-electron chi connectivity index (χ4n) is 4.04. The zero-order valence-electron chi connectivity index (χ0n) is 23.0. The zero-order chi connectivity index (χ0) is 29.3. The second-order valence-electron chi connectivity index (χ2n) is 8.77. The minimum absolute atomic E-state index is 0.0122. The highest BCUT2D eigenvalue weighted by atomic mass is 32.2. The fourth-order valence-corrected chi connectivity index (χ4v) is 5.88. The lowest BCUT2D eigenvalue weighted by Gasteiger charge is -2.32. The number of carbonyl (C=O) groups excluding carboxylic acids is 2. The van der Waals surface area contributed by atoms with Gasteiger partial charge in [0.1, 0.15) is 24.2 Å². The van der Waals surface area contributed by atoms with Crippen molar-refractivity contribution < 1.29 is 27.1 Å². The van der Waals surface area contributed by atoms with Crippen molar-refractivity contribution >= 4 is 39.3 Å². The molecular weight excluding hydrogens is 553 g/mol. The van der Waals surface area contributed by atoms with E-state index in [0.29, 0.717) is 6.54 Å². The number of carbonyl (C=O) groups is 2. The van der Waals surface area contributed by atoms with E-state index in [2.05, 4.69) is 5.32 Å². The van der Waals surface area contributed by atoms with Crippen molar-refractivity contribution in [2.24, 2.45) is 0 Å². The van der Waals surface area contributed by atoms with Crippen LogP contribution in [0.4, 0.5) is 10.1 Å². The number of amides is 2. The van der Waals surface area contributed by atoms with Crippen LogP contribution in [-0.2, 0) is 26.2 Å². The fraction of sp³-hybridized carbons (Fsp3) is 0.310. The van der Waals surface area contributed by atoms with Crippen LogP contribution in [-0.4, -0.2) is 57.1 Å². The first kappa shape index (κ1) is 31.0. The lowest BCUT2D eigenvalue weighted by molar-refractivity contribution is -0.139. The highest BCUT2D eigenvalue weighted by Gasteiger charge is 2.34. The molecule has 11 heteroatoms. The smallest absolute Gasteiger partial charge is 0.264 e. The molecule has 3 aromatic carbocycles. The molecule has 0 saturated heterocycles. The molecule has 0 aliphatic rings. The summed E-state index contributed by atoms with van der Waals surface area (Å²) in [6, 6.07) is 17.8. The number of ether oxygens (including phenoxy) is 1. The largest absolute Gasteiger partial charge is 0.492 e. The first-order valence-electron chi connectivity index (χ1n) is 12.8. The maximum Gasteiger partial charge on any atom is 0.264 e. The van der Waals surface area contributed by atoms with Crippen molar-refractivity contribution in [3.05, 3.63) is 84.2 Å². The molecule has 0 saturated carbocycles. The van der Waals surface area contributed by atoms with Gasteiger partial charge < -0.3 is 15.0 Å².